The van der Waals surface area contributed by atoms with Gasteiger partial charge in [0.2, 0.25) is 0 Å². The standard InChI is InChI=1S/C13H24N2O2.ClH/c1-12(2,3)17-11(16)15-7-9-6-13(4,5)14-10(9)8-15;/h9-10,14H,6-8H2,1-5H3;1H. The van der Waals surface area contributed by atoms with Crippen molar-refractivity contribution in [1.29, 1.82) is 0 Å². The lowest BCUT2D eigenvalue weighted by Crippen LogP contribution is -2.43. The van der Waals surface area contributed by atoms with Gasteiger partial charge < -0.3 is 15.0 Å². The lowest BCUT2D eigenvalue weighted by Gasteiger charge is -2.27. The van der Waals surface area contributed by atoms with Crippen LogP contribution in [0.1, 0.15) is 41.0 Å². The van der Waals surface area contributed by atoms with Crippen molar-refractivity contribution in [3.63, 3.8) is 0 Å². The summed E-state index contributed by atoms with van der Waals surface area (Å²) in [6.07, 6.45) is 0.961. The van der Waals surface area contributed by atoms with Gasteiger partial charge >= 0.3 is 6.09 Å². The monoisotopic (exact) mass is 276 g/mol. The van der Waals surface area contributed by atoms with Crippen molar-refractivity contribution in [3.8, 4) is 0 Å². The molecule has 5 heteroatoms. The van der Waals surface area contributed by atoms with Crippen LogP contribution in [0.4, 0.5) is 4.79 Å². The first kappa shape index (κ1) is 15.6. The highest BCUT2D eigenvalue weighted by Crippen LogP contribution is 2.34. The summed E-state index contributed by atoms with van der Waals surface area (Å²) in [6.45, 7) is 11.8. The summed E-state index contributed by atoms with van der Waals surface area (Å²) in [6, 6.07) is 0.442. The molecule has 106 valence electrons. The molecular weight excluding hydrogens is 252 g/mol. The molecule has 2 heterocycles. The molecule has 2 rings (SSSR count). The second-order valence-corrected chi connectivity index (χ2v) is 6.98. The summed E-state index contributed by atoms with van der Waals surface area (Å²) in [5.41, 5.74) is -0.184. The minimum Gasteiger partial charge on any atom is -0.444 e. The largest absolute Gasteiger partial charge is 0.444 e. The van der Waals surface area contributed by atoms with E-state index in [2.05, 4.69) is 19.2 Å². The molecule has 0 aromatic heterocycles. The molecule has 1 amide bonds. The summed E-state index contributed by atoms with van der Waals surface area (Å²) in [4.78, 5) is 13.8. The van der Waals surface area contributed by atoms with Crippen LogP contribution in [0.3, 0.4) is 0 Å². The first-order chi connectivity index (χ1) is 7.66. The summed E-state index contributed by atoms with van der Waals surface area (Å²) >= 11 is 0. The number of hydrogen-bond donors (Lipinski definition) is 1. The van der Waals surface area contributed by atoms with E-state index in [0.29, 0.717) is 12.0 Å². The van der Waals surface area contributed by atoms with Crippen LogP contribution in [-0.2, 0) is 4.74 Å². The van der Waals surface area contributed by atoms with E-state index in [4.69, 9.17) is 4.74 Å². The second kappa shape index (κ2) is 4.89. The number of carbonyl (C=O) groups is 1. The van der Waals surface area contributed by atoms with Crippen molar-refractivity contribution in [2.75, 3.05) is 13.1 Å². The Morgan fingerprint density at radius 2 is 1.94 bits per heavy atom. The Kier molecular flexibility index (Phi) is 4.23. The maximum absolute atomic E-state index is 11.9. The number of nitrogens with one attached hydrogen (secondary N) is 1. The third-order valence-corrected chi connectivity index (χ3v) is 3.44. The van der Waals surface area contributed by atoms with Gasteiger partial charge in [0.15, 0.2) is 0 Å². The maximum atomic E-state index is 11.9. The van der Waals surface area contributed by atoms with Gasteiger partial charge in [-0.25, -0.2) is 4.79 Å². The Balaban J connectivity index is 0.00000162. The smallest absolute Gasteiger partial charge is 0.410 e. The molecular formula is C13H25ClN2O2. The number of hydrogen-bond acceptors (Lipinski definition) is 3. The van der Waals surface area contributed by atoms with Crippen LogP contribution >= 0.6 is 12.4 Å². The quantitative estimate of drug-likeness (QED) is 0.739. The average Bonchev–Trinajstić information content (AvgIpc) is 2.53. The molecule has 2 fully saturated rings. The van der Waals surface area contributed by atoms with Gasteiger partial charge in [0, 0.05) is 24.7 Å². The molecule has 0 aliphatic carbocycles. The van der Waals surface area contributed by atoms with E-state index in [9.17, 15) is 4.79 Å². The summed E-state index contributed by atoms with van der Waals surface area (Å²) in [7, 11) is 0. The van der Waals surface area contributed by atoms with Crippen molar-refractivity contribution in [2.45, 2.75) is 58.2 Å². The number of halogens is 1. The van der Waals surface area contributed by atoms with E-state index >= 15 is 0 Å². The number of likely N-dealkylation sites (tertiary alicyclic amines) is 1. The highest BCUT2D eigenvalue weighted by Gasteiger charge is 2.45. The Morgan fingerprint density at radius 1 is 1.33 bits per heavy atom. The number of carbonyl (C=O) groups excluding carboxylic acids is 1. The van der Waals surface area contributed by atoms with Crippen LogP contribution < -0.4 is 5.32 Å². The summed E-state index contributed by atoms with van der Waals surface area (Å²) < 4.78 is 5.40. The maximum Gasteiger partial charge on any atom is 0.410 e. The van der Waals surface area contributed by atoms with Crippen molar-refractivity contribution in [2.24, 2.45) is 5.92 Å². The Hall–Kier alpha value is -0.480. The number of rotatable bonds is 0. The van der Waals surface area contributed by atoms with E-state index in [-0.39, 0.29) is 24.0 Å². The van der Waals surface area contributed by atoms with E-state index in [1.54, 1.807) is 0 Å². The SMILES string of the molecule is CC1(C)CC2CN(C(=O)OC(C)(C)C)CC2N1.Cl. The zero-order chi connectivity index (χ0) is 12.8. The molecule has 0 bridgehead atoms. The van der Waals surface area contributed by atoms with Crippen molar-refractivity contribution in [3.05, 3.63) is 0 Å². The van der Waals surface area contributed by atoms with Gasteiger partial charge in [0.25, 0.3) is 0 Å². The predicted octanol–water partition coefficient (Wildman–Crippen LogP) is 2.42. The molecule has 0 saturated carbocycles. The van der Waals surface area contributed by atoms with Crippen LogP contribution in [0, 0.1) is 5.92 Å². The Labute approximate surface area is 116 Å². The zero-order valence-electron chi connectivity index (χ0n) is 11.9. The minimum absolute atomic E-state index is 0. The number of ether oxygens (including phenoxy) is 1. The van der Waals surface area contributed by atoms with Crippen LogP contribution in [0.25, 0.3) is 0 Å². The summed E-state index contributed by atoms with van der Waals surface area (Å²) in [5.74, 6) is 0.581. The van der Waals surface area contributed by atoms with Crippen LogP contribution in [0.5, 0.6) is 0 Å². The molecule has 0 aromatic carbocycles. The fourth-order valence-electron chi connectivity index (χ4n) is 2.93. The Bertz CT molecular complexity index is 309. The van der Waals surface area contributed by atoms with Gasteiger partial charge in [0.05, 0.1) is 0 Å². The topological polar surface area (TPSA) is 41.6 Å². The van der Waals surface area contributed by atoms with E-state index in [1.165, 1.54) is 0 Å². The molecule has 0 spiro atoms. The van der Waals surface area contributed by atoms with Gasteiger partial charge in [-0.15, -0.1) is 12.4 Å². The van der Waals surface area contributed by atoms with Gasteiger partial charge in [-0.05, 0) is 47.0 Å². The van der Waals surface area contributed by atoms with Crippen molar-refractivity contribution in [1.82, 2.24) is 10.2 Å². The summed E-state index contributed by atoms with van der Waals surface area (Å²) in [5, 5.41) is 3.59. The predicted molar refractivity (Wildman–Crippen MR) is 74.2 cm³/mol. The highest BCUT2D eigenvalue weighted by molar-refractivity contribution is 5.85. The van der Waals surface area contributed by atoms with E-state index in [1.807, 2.05) is 25.7 Å². The van der Waals surface area contributed by atoms with E-state index in [0.717, 1.165) is 19.5 Å². The molecule has 0 aromatic rings. The lowest BCUT2D eigenvalue weighted by atomic mass is 9.96. The molecule has 18 heavy (non-hydrogen) atoms. The molecule has 2 saturated heterocycles. The third kappa shape index (κ3) is 3.51. The van der Waals surface area contributed by atoms with Crippen molar-refractivity contribution < 1.29 is 9.53 Å². The highest BCUT2D eigenvalue weighted by atomic mass is 35.5. The average molecular weight is 277 g/mol. The number of nitrogens with zero attached hydrogens (tertiary/aromatic N) is 1. The fraction of sp³-hybridized carbons (Fsp3) is 0.923. The van der Waals surface area contributed by atoms with Crippen LogP contribution in [0.2, 0.25) is 0 Å². The van der Waals surface area contributed by atoms with Crippen LogP contribution in [-0.4, -0.2) is 41.3 Å². The van der Waals surface area contributed by atoms with Gasteiger partial charge in [-0.1, -0.05) is 0 Å². The van der Waals surface area contributed by atoms with Crippen molar-refractivity contribution >= 4 is 18.5 Å². The van der Waals surface area contributed by atoms with Gasteiger partial charge in [-0.2, -0.15) is 0 Å². The number of fused-ring (bicyclic) bond motifs is 1. The van der Waals surface area contributed by atoms with Gasteiger partial charge in [0.1, 0.15) is 5.60 Å². The van der Waals surface area contributed by atoms with E-state index < -0.39 is 5.60 Å². The van der Waals surface area contributed by atoms with Gasteiger partial charge in [-0.3, -0.25) is 0 Å². The molecule has 0 radical (unpaired) electrons. The minimum atomic E-state index is -0.401. The molecule has 2 aliphatic heterocycles. The molecule has 1 N–H and O–H groups in total. The lowest BCUT2D eigenvalue weighted by molar-refractivity contribution is 0.0278. The second-order valence-electron chi connectivity index (χ2n) is 6.98. The fourth-order valence-corrected chi connectivity index (χ4v) is 2.93. The third-order valence-electron chi connectivity index (χ3n) is 3.44. The molecule has 2 atom stereocenters. The molecule has 4 nitrogen and oxygen atoms in total. The Morgan fingerprint density at radius 3 is 2.44 bits per heavy atom. The van der Waals surface area contributed by atoms with Crippen LogP contribution in [0.15, 0.2) is 0 Å². The number of amides is 1. The normalized spacial score (nSPS) is 29.7. The first-order valence-corrected chi connectivity index (χ1v) is 6.42. The zero-order valence-corrected chi connectivity index (χ0v) is 12.8. The molecule has 2 unspecified atom stereocenters. The molecule has 2 aliphatic rings. The first-order valence-electron chi connectivity index (χ1n) is 6.42.